The van der Waals surface area contributed by atoms with Crippen molar-refractivity contribution in [2.45, 2.75) is 25.5 Å². The maximum absolute atomic E-state index is 6.07. The number of hydrogen-bond acceptors (Lipinski definition) is 4. The zero-order valence-corrected chi connectivity index (χ0v) is 11.0. The number of rotatable bonds is 5. The van der Waals surface area contributed by atoms with Gasteiger partial charge in [-0.1, -0.05) is 18.2 Å². The van der Waals surface area contributed by atoms with E-state index in [1.165, 1.54) is 11.5 Å². The van der Waals surface area contributed by atoms with Crippen molar-refractivity contribution < 1.29 is 9.57 Å². The average molecular weight is 253 g/mol. The van der Waals surface area contributed by atoms with Crippen LogP contribution in [0.3, 0.4) is 0 Å². The third-order valence-electron chi connectivity index (χ3n) is 2.84. The van der Waals surface area contributed by atoms with E-state index in [0.717, 1.165) is 24.2 Å². The largest absolute Gasteiger partial charge is 0.490 e. The van der Waals surface area contributed by atoms with Crippen molar-refractivity contribution in [3.05, 3.63) is 29.8 Å². The second-order valence-electron chi connectivity index (χ2n) is 4.06. The van der Waals surface area contributed by atoms with Gasteiger partial charge in [0.2, 0.25) is 0 Å². The minimum absolute atomic E-state index is 0.375. The fourth-order valence-electron chi connectivity index (χ4n) is 1.89. The van der Waals surface area contributed by atoms with Gasteiger partial charge in [0.15, 0.2) is 0 Å². The number of para-hydroxylation sites is 1. The molecule has 17 heavy (non-hydrogen) atoms. The summed E-state index contributed by atoms with van der Waals surface area (Å²) in [6, 6.07) is 8.15. The molecule has 1 fully saturated rings. The third kappa shape index (κ3) is 3.91. The molecule has 0 aliphatic carbocycles. The molecule has 0 spiro atoms. The Bertz CT molecular complexity index is 340. The maximum atomic E-state index is 6.07. The van der Waals surface area contributed by atoms with Crippen LogP contribution in [0.5, 0.6) is 5.75 Å². The number of nitrogens with one attached hydrogen (secondary N) is 1. The fourth-order valence-corrected chi connectivity index (χ4v) is 2.95. The van der Waals surface area contributed by atoms with Gasteiger partial charge in [0, 0.05) is 12.1 Å². The highest BCUT2D eigenvalue weighted by atomic mass is 32.2. The predicted molar refractivity (Wildman–Crippen MR) is 71.3 cm³/mol. The lowest BCUT2D eigenvalue weighted by atomic mass is 10.1. The fraction of sp³-hybridized carbons (Fsp3) is 0.538. The van der Waals surface area contributed by atoms with Gasteiger partial charge in [-0.2, -0.15) is 17.2 Å². The van der Waals surface area contributed by atoms with Gasteiger partial charge in [0.25, 0.3) is 0 Å². The monoisotopic (exact) mass is 253 g/mol. The Balaban J connectivity index is 1.98. The molecule has 1 heterocycles. The van der Waals surface area contributed by atoms with Crippen molar-refractivity contribution in [1.82, 2.24) is 5.48 Å². The van der Waals surface area contributed by atoms with E-state index in [-0.39, 0.29) is 0 Å². The van der Waals surface area contributed by atoms with Crippen LogP contribution in [0.2, 0.25) is 0 Å². The molecule has 0 radical (unpaired) electrons. The zero-order chi connectivity index (χ0) is 11.9. The minimum Gasteiger partial charge on any atom is -0.490 e. The Morgan fingerprint density at radius 3 is 2.82 bits per heavy atom. The highest BCUT2D eigenvalue weighted by Crippen LogP contribution is 2.25. The first kappa shape index (κ1) is 12.7. The van der Waals surface area contributed by atoms with Crippen molar-refractivity contribution >= 4 is 11.8 Å². The summed E-state index contributed by atoms with van der Waals surface area (Å²) >= 11 is 2.01. The molecule has 4 heteroatoms. The van der Waals surface area contributed by atoms with Gasteiger partial charge in [0.1, 0.15) is 11.9 Å². The van der Waals surface area contributed by atoms with Crippen molar-refractivity contribution in [3.8, 4) is 5.75 Å². The van der Waals surface area contributed by atoms with Gasteiger partial charge >= 0.3 is 0 Å². The molecule has 94 valence electrons. The van der Waals surface area contributed by atoms with E-state index < -0.39 is 0 Å². The summed E-state index contributed by atoms with van der Waals surface area (Å²) in [5.41, 5.74) is 4.00. The molecule has 0 unspecified atom stereocenters. The van der Waals surface area contributed by atoms with Crippen molar-refractivity contribution in [3.63, 3.8) is 0 Å². The van der Waals surface area contributed by atoms with E-state index in [0.29, 0.717) is 12.6 Å². The van der Waals surface area contributed by atoms with Gasteiger partial charge in [-0.15, -0.1) is 0 Å². The Morgan fingerprint density at radius 2 is 2.06 bits per heavy atom. The van der Waals surface area contributed by atoms with Gasteiger partial charge in [-0.25, -0.2) is 0 Å². The first-order chi connectivity index (χ1) is 8.40. The Kier molecular flexibility index (Phi) is 5.16. The second-order valence-corrected chi connectivity index (χ2v) is 5.29. The Labute approximate surface area is 107 Å². The smallest absolute Gasteiger partial charge is 0.124 e. The number of hydroxylamine groups is 1. The zero-order valence-electron chi connectivity index (χ0n) is 10.1. The summed E-state index contributed by atoms with van der Waals surface area (Å²) in [7, 11) is 1.63. The molecule has 1 N–H and O–H groups in total. The van der Waals surface area contributed by atoms with Crippen molar-refractivity contribution in [1.29, 1.82) is 0 Å². The van der Waals surface area contributed by atoms with Crippen LogP contribution in [-0.2, 0) is 11.4 Å². The van der Waals surface area contributed by atoms with Crippen LogP contribution in [0.1, 0.15) is 18.4 Å². The Morgan fingerprint density at radius 1 is 1.29 bits per heavy atom. The van der Waals surface area contributed by atoms with E-state index in [9.17, 15) is 0 Å². The molecule has 0 saturated carbocycles. The second kappa shape index (κ2) is 6.89. The van der Waals surface area contributed by atoms with Crippen LogP contribution in [-0.4, -0.2) is 24.7 Å². The molecule has 1 saturated heterocycles. The highest BCUT2D eigenvalue weighted by molar-refractivity contribution is 7.99. The number of benzene rings is 1. The van der Waals surface area contributed by atoms with Gasteiger partial charge in [0.05, 0.1) is 7.11 Å². The molecule has 3 nitrogen and oxygen atoms in total. The maximum Gasteiger partial charge on any atom is 0.124 e. The number of hydrogen-bond donors (Lipinski definition) is 1. The standard InChI is InChI=1S/C13H19NO2S/c1-15-14-10-11-4-2-3-5-13(11)16-12-6-8-17-9-7-12/h2-5,12,14H,6-10H2,1H3. The molecule has 1 aromatic carbocycles. The summed E-state index contributed by atoms with van der Waals surface area (Å²) in [6.45, 7) is 0.675. The van der Waals surface area contributed by atoms with Crippen LogP contribution in [0.15, 0.2) is 24.3 Å². The van der Waals surface area contributed by atoms with E-state index in [4.69, 9.17) is 9.57 Å². The van der Waals surface area contributed by atoms with Gasteiger partial charge in [-0.05, 0) is 30.4 Å². The van der Waals surface area contributed by atoms with Crippen LogP contribution >= 0.6 is 11.8 Å². The molecule has 1 aliphatic rings. The summed E-state index contributed by atoms with van der Waals surface area (Å²) in [5, 5.41) is 0. The topological polar surface area (TPSA) is 30.5 Å². The van der Waals surface area contributed by atoms with E-state index in [2.05, 4.69) is 11.5 Å². The summed E-state index contributed by atoms with van der Waals surface area (Å²) in [6.07, 6.45) is 2.67. The minimum atomic E-state index is 0.375. The van der Waals surface area contributed by atoms with Crippen LogP contribution in [0.25, 0.3) is 0 Å². The van der Waals surface area contributed by atoms with Crippen molar-refractivity contribution in [2.24, 2.45) is 0 Å². The van der Waals surface area contributed by atoms with E-state index >= 15 is 0 Å². The quantitative estimate of drug-likeness (QED) is 0.817. The molecule has 1 aromatic rings. The highest BCUT2D eigenvalue weighted by Gasteiger charge is 2.16. The molecule has 0 aromatic heterocycles. The molecule has 0 bridgehead atoms. The molecule has 0 atom stereocenters. The van der Waals surface area contributed by atoms with Crippen LogP contribution in [0, 0.1) is 0 Å². The molecular formula is C13H19NO2S. The molecule has 0 amide bonds. The van der Waals surface area contributed by atoms with Crippen LogP contribution in [0.4, 0.5) is 0 Å². The van der Waals surface area contributed by atoms with E-state index in [1.807, 2.05) is 30.0 Å². The summed E-state index contributed by atoms with van der Waals surface area (Å²) in [5.74, 6) is 3.40. The lowest BCUT2D eigenvalue weighted by Gasteiger charge is -2.24. The average Bonchev–Trinajstić information content (AvgIpc) is 2.39. The van der Waals surface area contributed by atoms with E-state index in [1.54, 1.807) is 7.11 Å². The summed E-state index contributed by atoms with van der Waals surface area (Å²) < 4.78 is 6.07. The molecular weight excluding hydrogens is 234 g/mol. The first-order valence-corrected chi connectivity index (χ1v) is 7.14. The third-order valence-corrected chi connectivity index (χ3v) is 3.89. The van der Waals surface area contributed by atoms with Crippen molar-refractivity contribution in [2.75, 3.05) is 18.6 Å². The van der Waals surface area contributed by atoms with Gasteiger partial charge in [-0.3, -0.25) is 0 Å². The number of thioether (sulfide) groups is 1. The lowest BCUT2D eigenvalue weighted by Crippen LogP contribution is -2.23. The van der Waals surface area contributed by atoms with Gasteiger partial charge < -0.3 is 9.57 Å². The normalized spacial score (nSPS) is 17.0. The molecule has 1 aliphatic heterocycles. The Hall–Kier alpha value is -0.710. The summed E-state index contributed by atoms with van der Waals surface area (Å²) in [4.78, 5) is 4.88. The predicted octanol–water partition coefficient (Wildman–Crippen LogP) is 2.61. The van der Waals surface area contributed by atoms with Crippen LogP contribution < -0.4 is 10.2 Å². The SMILES string of the molecule is CONCc1ccccc1OC1CCSCC1. The molecule has 2 rings (SSSR count). The number of ether oxygens (including phenoxy) is 1. The first-order valence-electron chi connectivity index (χ1n) is 5.98. The lowest BCUT2D eigenvalue weighted by molar-refractivity contribution is 0.0852.